The highest BCUT2D eigenvalue weighted by Crippen LogP contribution is 2.32. The second-order valence-corrected chi connectivity index (χ2v) is 6.69. The number of pyridine rings is 1. The lowest BCUT2D eigenvalue weighted by Crippen LogP contribution is -1.94. The molecule has 0 N–H and O–H groups in total. The van der Waals surface area contributed by atoms with E-state index in [0.717, 1.165) is 16.9 Å². The zero-order chi connectivity index (χ0) is 16.7. The molecule has 0 aliphatic heterocycles. The number of hydrogen-bond donors (Lipinski definition) is 0. The Labute approximate surface area is 141 Å². The number of fused-ring (bicyclic) bond motifs is 1. The highest BCUT2D eigenvalue weighted by Gasteiger charge is 2.17. The molecule has 7 heteroatoms. The van der Waals surface area contributed by atoms with E-state index in [4.69, 9.17) is 4.42 Å². The molecule has 4 aromatic heterocycles. The van der Waals surface area contributed by atoms with Gasteiger partial charge in [0.2, 0.25) is 5.89 Å². The van der Waals surface area contributed by atoms with Crippen LogP contribution in [0.25, 0.3) is 27.7 Å². The fourth-order valence-electron chi connectivity index (χ4n) is 2.59. The van der Waals surface area contributed by atoms with Crippen LogP contribution < -0.4 is 0 Å². The number of aromatic nitrogens is 4. The highest BCUT2D eigenvalue weighted by atomic mass is 32.1. The second kappa shape index (κ2) is 5.68. The quantitative estimate of drug-likeness (QED) is 0.529. The largest absolute Gasteiger partial charge is 0.421 e. The molecule has 0 amide bonds. The topological polar surface area (TPSA) is 73.3 Å². The van der Waals surface area contributed by atoms with Gasteiger partial charge in [0.1, 0.15) is 5.65 Å². The van der Waals surface area contributed by atoms with E-state index >= 15 is 0 Å². The van der Waals surface area contributed by atoms with Crippen molar-refractivity contribution in [2.75, 3.05) is 0 Å². The highest BCUT2D eigenvalue weighted by molar-refractivity contribution is 7.15. The summed E-state index contributed by atoms with van der Waals surface area (Å²) >= 11 is 1.68. The molecule has 0 spiro atoms. The van der Waals surface area contributed by atoms with Crippen molar-refractivity contribution in [1.29, 1.82) is 0 Å². The fraction of sp³-hybridized carbons (Fsp3) is 0.176. The van der Waals surface area contributed by atoms with Crippen LogP contribution in [0.15, 0.2) is 35.0 Å². The van der Waals surface area contributed by atoms with Crippen LogP contribution in [-0.4, -0.2) is 25.9 Å². The molecule has 0 aliphatic rings. The zero-order valence-electron chi connectivity index (χ0n) is 13.2. The van der Waals surface area contributed by atoms with Crippen LogP contribution in [0.1, 0.15) is 28.0 Å². The van der Waals surface area contributed by atoms with Crippen LogP contribution in [0.5, 0.6) is 0 Å². The van der Waals surface area contributed by atoms with Gasteiger partial charge in [-0.1, -0.05) is 6.92 Å². The van der Waals surface area contributed by atoms with E-state index in [1.807, 2.05) is 11.3 Å². The Morgan fingerprint density at radius 1 is 1.33 bits per heavy atom. The molecular formula is C17H14N4O2S. The number of rotatable bonds is 4. The summed E-state index contributed by atoms with van der Waals surface area (Å²) in [4.78, 5) is 18.2. The second-order valence-electron chi connectivity index (χ2n) is 5.41. The molecule has 0 bridgehead atoms. The monoisotopic (exact) mass is 338 g/mol. The van der Waals surface area contributed by atoms with Gasteiger partial charge in [-0.25, -0.2) is 4.98 Å². The normalized spacial score (nSPS) is 11.2. The van der Waals surface area contributed by atoms with Crippen molar-refractivity contribution in [3.63, 3.8) is 0 Å². The average Bonchev–Trinajstić information content (AvgIpc) is 3.32. The standard InChI is InChI=1S/C17H14N4O2S/c1-3-15-19-20-17(23-15)12-6-11(9-22)8-21-13(7-18-16(12)21)14-5-4-10(2)24-14/h4-9H,3H2,1-2H3. The van der Waals surface area contributed by atoms with Crippen molar-refractivity contribution in [3.05, 3.63) is 46.9 Å². The first-order chi connectivity index (χ1) is 11.7. The first-order valence-electron chi connectivity index (χ1n) is 7.55. The van der Waals surface area contributed by atoms with Crippen LogP contribution in [0.2, 0.25) is 0 Å². The predicted molar refractivity (Wildman–Crippen MR) is 91.3 cm³/mol. The van der Waals surface area contributed by atoms with E-state index < -0.39 is 0 Å². The number of carbonyl (C=O) groups is 1. The molecule has 6 nitrogen and oxygen atoms in total. The van der Waals surface area contributed by atoms with Gasteiger partial charge in [0.25, 0.3) is 5.89 Å². The Hall–Kier alpha value is -2.80. The van der Waals surface area contributed by atoms with Gasteiger partial charge in [-0.05, 0) is 25.1 Å². The molecule has 0 saturated heterocycles. The first kappa shape index (κ1) is 14.8. The Morgan fingerprint density at radius 3 is 2.88 bits per heavy atom. The van der Waals surface area contributed by atoms with Gasteiger partial charge in [-0.2, -0.15) is 0 Å². The maximum Gasteiger partial charge on any atom is 0.251 e. The van der Waals surface area contributed by atoms with Gasteiger partial charge in [0.15, 0.2) is 6.29 Å². The SMILES string of the molecule is CCc1nnc(-c2cc(C=O)cn3c(-c4ccc(C)s4)cnc23)o1. The van der Waals surface area contributed by atoms with Crippen molar-refractivity contribution in [2.24, 2.45) is 0 Å². The molecule has 0 radical (unpaired) electrons. The van der Waals surface area contributed by atoms with Crippen molar-refractivity contribution in [1.82, 2.24) is 19.6 Å². The van der Waals surface area contributed by atoms with E-state index in [-0.39, 0.29) is 0 Å². The van der Waals surface area contributed by atoms with Crippen molar-refractivity contribution < 1.29 is 9.21 Å². The minimum absolute atomic E-state index is 0.375. The van der Waals surface area contributed by atoms with E-state index in [1.54, 1.807) is 29.8 Å². The molecule has 4 heterocycles. The number of nitrogens with zero attached hydrogens (tertiary/aromatic N) is 4. The maximum absolute atomic E-state index is 11.4. The third-order valence-electron chi connectivity index (χ3n) is 3.76. The summed E-state index contributed by atoms with van der Waals surface area (Å²) < 4.78 is 7.56. The Morgan fingerprint density at radius 2 is 2.21 bits per heavy atom. The van der Waals surface area contributed by atoms with Gasteiger partial charge in [0, 0.05) is 23.1 Å². The lowest BCUT2D eigenvalue weighted by atomic mass is 10.2. The summed E-state index contributed by atoms with van der Waals surface area (Å²) in [6.45, 7) is 4.01. The number of hydrogen-bond acceptors (Lipinski definition) is 6. The molecule has 0 unspecified atom stereocenters. The molecule has 4 rings (SSSR count). The molecule has 120 valence electrons. The number of imidazole rings is 1. The van der Waals surface area contributed by atoms with E-state index in [0.29, 0.717) is 35.0 Å². The number of aldehydes is 1. The third-order valence-corrected chi connectivity index (χ3v) is 4.78. The summed E-state index contributed by atoms with van der Waals surface area (Å²) in [6.07, 6.45) is 5.05. The van der Waals surface area contributed by atoms with Crippen molar-refractivity contribution in [2.45, 2.75) is 20.3 Å². The van der Waals surface area contributed by atoms with Gasteiger partial charge in [0.05, 0.1) is 22.3 Å². The van der Waals surface area contributed by atoms with Gasteiger partial charge < -0.3 is 4.42 Å². The molecule has 0 aliphatic carbocycles. The van der Waals surface area contributed by atoms with E-state index in [9.17, 15) is 4.79 Å². The third kappa shape index (κ3) is 2.33. The average molecular weight is 338 g/mol. The lowest BCUT2D eigenvalue weighted by Gasteiger charge is -2.04. The summed E-state index contributed by atoms with van der Waals surface area (Å²) in [5, 5.41) is 8.09. The number of thiophene rings is 1. The molecular weight excluding hydrogens is 324 g/mol. The summed E-state index contributed by atoms with van der Waals surface area (Å²) in [6, 6.07) is 5.85. The zero-order valence-corrected chi connectivity index (χ0v) is 14.0. The lowest BCUT2D eigenvalue weighted by molar-refractivity contribution is 0.112. The number of aryl methyl sites for hydroxylation is 2. The Bertz CT molecular complexity index is 1040. The van der Waals surface area contributed by atoms with Crippen LogP contribution in [0.4, 0.5) is 0 Å². The van der Waals surface area contributed by atoms with Gasteiger partial charge >= 0.3 is 0 Å². The summed E-state index contributed by atoms with van der Waals surface area (Å²) in [5.41, 5.74) is 2.81. The van der Waals surface area contributed by atoms with Crippen molar-refractivity contribution in [3.8, 4) is 22.0 Å². The summed E-state index contributed by atoms with van der Waals surface area (Å²) in [7, 11) is 0. The van der Waals surface area contributed by atoms with Gasteiger partial charge in [-0.3, -0.25) is 9.20 Å². The van der Waals surface area contributed by atoms with Crippen LogP contribution in [0.3, 0.4) is 0 Å². The molecule has 24 heavy (non-hydrogen) atoms. The van der Waals surface area contributed by atoms with E-state index in [1.165, 1.54) is 4.88 Å². The Kier molecular flexibility index (Phi) is 3.50. The number of carbonyl (C=O) groups excluding carboxylic acids is 1. The molecule has 0 saturated carbocycles. The molecule has 4 aromatic rings. The summed E-state index contributed by atoms with van der Waals surface area (Å²) in [5.74, 6) is 0.931. The minimum atomic E-state index is 0.375. The minimum Gasteiger partial charge on any atom is -0.421 e. The van der Waals surface area contributed by atoms with Gasteiger partial charge in [-0.15, -0.1) is 21.5 Å². The predicted octanol–water partition coefficient (Wildman–Crippen LogP) is 3.80. The fourth-order valence-corrected chi connectivity index (χ4v) is 3.46. The van der Waals surface area contributed by atoms with Crippen LogP contribution in [0, 0.1) is 6.92 Å². The Balaban J connectivity index is 1.97. The smallest absolute Gasteiger partial charge is 0.251 e. The molecule has 0 fully saturated rings. The van der Waals surface area contributed by atoms with Crippen LogP contribution >= 0.6 is 11.3 Å². The molecule has 0 aromatic carbocycles. The maximum atomic E-state index is 11.4. The van der Waals surface area contributed by atoms with E-state index in [2.05, 4.69) is 34.2 Å². The van der Waals surface area contributed by atoms with Crippen LogP contribution in [-0.2, 0) is 6.42 Å². The van der Waals surface area contributed by atoms with Crippen molar-refractivity contribution >= 4 is 23.3 Å². The molecule has 0 atom stereocenters. The first-order valence-corrected chi connectivity index (χ1v) is 8.37.